The van der Waals surface area contributed by atoms with Crippen LogP contribution in [0.25, 0.3) is 0 Å². The molecule has 1 aromatic heterocycles. The van der Waals surface area contributed by atoms with Crippen LogP contribution in [0, 0.1) is 0 Å². The molecule has 2 rings (SSSR count). The molecule has 1 saturated heterocycles. The zero-order valence-corrected chi connectivity index (χ0v) is 8.40. The van der Waals surface area contributed by atoms with E-state index in [2.05, 4.69) is 23.1 Å². The van der Waals surface area contributed by atoms with Gasteiger partial charge in [0.1, 0.15) is 0 Å². The van der Waals surface area contributed by atoms with Gasteiger partial charge in [0.2, 0.25) is 0 Å². The average molecular weight is 179 g/mol. The summed E-state index contributed by atoms with van der Waals surface area (Å²) in [6.45, 7) is 2.40. The Kier molecular flexibility index (Phi) is 2.36. The molecule has 13 heavy (non-hydrogen) atoms. The van der Waals surface area contributed by atoms with Crippen LogP contribution in [0.1, 0.15) is 24.5 Å². The number of aromatic nitrogens is 2. The van der Waals surface area contributed by atoms with Crippen LogP contribution in [0.5, 0.6) is 0 Å². The fourth-order valence-corrected chi connectivity index (χ4v) is 2.05. The summed E-state index contributed by atoms with van der Waals surface area (Å²) in [5.41, 5.74) is 1.26. The van der Waals surface area contributed by atoms with Crippen molar-refractivity contribution in [2.75, 3.05) is 20.1 Å². The van der Waals surface area contributed by atoms with E-state index >= 15 is 0 Å². The van der Waals surface area contributed by atoms with Gasteiger partial charge in [0.05, 0.1) is 12.0 Å². The molecule has 3 heteroatoms. The molecule has 1 atom stereocenters. The number of piperidine rings is 1. The van der Waals surface area contributed by atoms with E-state index in [1.165, 1.54) is 25.1 Å². The molecule has 0 bridgehead atoms. The van der Waals surface area contributed by atoms with Gasteiger partial charge < -0.3 is 9.47 Å². The molecule has 72 valence electrons. The highest BCUT2D eigenvalue weighted by atomic mass is 15.1. The topological polar surface area (TPSA) is 21.1 Å². The number of hydrogen-bond donors (Lipinski definition) is 0. The molecule has 1 unspecified atom stereocenters. The summed E-state index contributed by atoms with van der Waals surface area (Å²) in [7, 11) is 4.22. The Hall–Kier alpha value is -0.830. The lowest BCUT2D eigenvalue weighted by atomic mass is 9.96. The van der Waals surface area contributed by atoms with Crippen LogP contribution in [-0.2, 0) is 7.05 Å². The van der Waals surface area contributed by atoms with E-state index in [1.54, 1.807) is 0 Å². The summed E-state index contributed by atoms with van der Waals surface area (Å²) in [6.07, 6.45) is 6.63. The maximum absolute atomic E-state index is 4.41. The van der Waals surface area contributed by atoms with Crippen molar-refractivity contribution in [3.05, 3.63) is 18.2 Å². The first-order valence-electron chi connectivity index (χ1n) is 4.92. The predicted octanol–water partition coefficient (Wildman–Crippen LogP) is 1.23. The fourth-order valence-electron chi connectivity index (χ4n) is 2.05. The highest BCUT2D eigenvalue weighted by molar-refractivity contribution is 5.06. The first-order valence-corrected chi connectivity index (χ1v) is 4.92. The maximum Gasteiger partial charge on any atom is 0.0946 e. The Morgan fingerprint density at radius 3 is 2.92 bits per heavy atom. The molecule has 1 aliphatic heterocycles. The zero-order chi connectivity index (χ0) is 9.26. The minimum atomic E-state index is 0.653. The van der Waals surface area contributed by atoms with Crippen molar-refractivity contribution in [1.29, 1.82) is 0 Å². The number of nitrogens with zero attached hydrogens (tertiary/aromatic N) is 3. The molecule has 0 N–H and O–H groups in total. The van der Waals surface area contributed by atoms with Gasteiger partial charge >= 0.3 is 0 Å². The van der Waals surface area contributed by atoms with Crippen LogP contribution in [-0.4, -0.2) is 34.6 Å². The van der Waals surface area contributed by atoms with Crippen molar-refractivity contribution in [3.8, 4) is 0 Å². The molecular weight excluding hydrogens is 162 g/mol. The largest absolute Gasteiger partial charge is 0.340 e. The van der Waals surface area contributed by atoms with E-state index in [9.17, 15) is 0 Å². The number of likely N-dealkylation sites (N-methyl/N-ethyl adjacent to an activating group) is 1. The minimum Gasteiger partial charge on any atom is -0.340 e. The molecule has 3 nitrogen and oxygen atoms in total. The van der Waals surface area contributed by atoms with Gasteiger partial charge in [-0.15, -0.1) is 0 Å². The first kappa shape index (κ1) is 8.75. The second kappa shape index (κ2) is 3.50. The summed E-state index contributed by atoms with van der Waals surface area (Å²) in [6, 6.07) is 0. The number of hydrogen-bond acceptors (Lipinski definition) is 2. The predicted molar refractivity (Wildman–Crippen MR) is 52.7 cm³/mol. The number of imidazole rings is 1. The lowest BCUT2D eigenvalue weighted by molar-refractivity contribution is 0.248. The third-order valence-electron chi connectivity index (χ3n) is 2.77. The monoisotopic (exact) mass is 179 g/mol. The summed E-state index contributed by atoms with van der Waals surface area (Å²) in [5, 5.41) is 0. The van der Waals surface area contributed by atoms with Gasteiger partial charge in [-0.2, -0.15) is 0 Å². The van der Waals surface area contributed by atoms with Crippen molar-refractivity contribution in [2.45, 2.75) is 18.8 Å². The number of rotatable bonds is 1. The molecule has 1 aromatic rings. The second-order valence-electron chi connectivity index (χ2n) is 4.07. The van der Waals surface area contributed by atoms with E-state index in [-0.39, 0.29) is 0 Å². The van der Waals surface area contributed by atoms with Gasteiger partial charge in [-0.25, -0.2) is 4.98 Å². The van der Waals surface area contributed by atoms with Crippen molar-refractivity contribution >= 4 is 0 Å². The third kappa shape index (κ3) is 1.91. The zero-order valence-electron chi connectivity index (χ0n) is 8.40. The Morgan fingerprint density at radius 2 is 2.31 bits per heavy atom. The first-order chi connectivity index (χ1) is 6.25. The summed E-state index contributed by atoms with van der Waals surface area (Å²) in [4.78, 5) is 6.80. The second-order valence-corrected chi connectivity index (χ2v) is 4.07. The van der Waals surface area contributed by atoms with Gasteiger partial charge in [-0.1, -0.05) is 0 Å². The quantitative estimate of drug-likeness (QED) is 0.646. The molecule has 2 heterocycles. The Balaban J connectivity index is 2.08. The Labute approximate surface area is 79.4 Å². The summed E-state index contributed by atoms with van der Waals surface area (Å²) < 4.78 is 2.03. The molecule has 0 aliphatic carbocycles. The lowest BCUT2D eigenvalue weighted by Crippen LogP contribution is -2.30. The molecule has 0 saturated carbocycles. The van der Waals surface area contributed by atoms with Gasteiger partial charge in [-0.05, 0) is 26.4 Å². The van der Waals surface area contributed by atoms with Gasteiger partial charge in [-0.3, -0.25) is 0 Å². The summed E-state index contributed by atoms with van der Waals surface area (Å²) >= 11 is 0. The van der Waals surface area contributed by atoms with Crippen LogP contribution < -0.4 is 0 Å². The van der Waals surface area contributed by atoms with Crippen LogP contribution in [0.15, 0.2) is 12.5 Å². The normalized spacial score (nSPS) is 24.9. The molecule has 0 spiro atoms. The molecule has 1 aliphatic rings. The number of aryl methyl sites for hydroxylation is 1. The highest BCUT2D eigenvalue weighted by Gasteiger charge is 2.20. The Bertz CT molecular complexity index is 279. The number of likely N-dealkylation sites (tertiary alicyclic amines) is 1. The van der Waals surface area contributed by atoms with Crippen molar-refractivity contribution in [2.24, 2.45) is 7.05 Å². The van der Waals surface area contributed by atoms with Crippen LogP contribution in [0.4, 0.5) is 0 Å². The van der Waals surface area contributed by atoms with E-state index in [0.29, 0.717) is 5.92 Å². The molecule has 0 amide bonds. The molecule has 0 radical (unpaired) electrons. The standard InChI is InChI=1S/C10H17N3/c1-12-5-3-4-9(6-12)10-7-13(2)8-11-10/h7-9H,3-6H2,1-2H3. The fraction of sp³-hybridized carbons (Fsp3) is 0.700. The lowest BCUT2D eigenvalue weighted by Gasteiger charge is -2.28. The average Bonchev–Trinajstić information content (AvgIpc) is 2.52. The van der Waals surface area contributed by atoms with Crippen molar-refractivity contribution in [3.63, 3.8) is 0 Å². The van der Waals surface area contributed by atoms with Crippen molar-refractivity contribution < 1.29 is 0 Å². The third-order valence-corrected chi connectivity index (χ3v) is 2.77. The SMILES string of the molecule is CN1CCCC(c2cn(C)cn2)C1. The highest BCUT2D eigenvalue weighted by Crippen LogP contribution is 2.24. The van der Waals surface area contributed by atoms with Crippen LogP contribution >= 0.6 is 0 Å². The van der Waals surface area contributed by atoms with E-state index in [4.69, 9.17) is 0 Å². The van der Waals surface area contributed by atoms with E-state index in [0.717, 1.165) is 6.54 Å². The van der Waals surface area contributed by atoms with Gasteiger partial charge in [0.25, 0.3) is 0 Å². The van der Waals surface area contributed by atoms with Crippen LogP contribution in [0.2, 0.25) is 0 Å². The van der Waals surface area contributed by atoms with Gasteiger partial charge in [0.15, 0.2) is 0 Å². The molecular formula is C10H17N3. The maximum atomic E-state index is 4.41. The molecule has 0 aromatic carbocycles. The summed E-state index contributed by atoms with van der Waals surface area (Å²) in [5.74, 6) is 0.653. The smallest absolute Gasteiger partial charge is 0.0946 e. The minimum absolute atomic E-state index is 0.653. The molecule has 1 fully saturated rings. The Morgan fingerprint density at radius 1 is 1.46 bits per heavy atom. The van der Waals surface area contributed by atoms with Gasteiger partial charge in [0, 0.05) is 25.7 Å². The van der Waals surface area contributed by atoms with E-state index < -0.39 is 0 Å². The van der Waals surface area contributed by atoms with Crippen molar-refractivity contribution in [1.82, 2.24) is 14.5 Å². The van der Waals surface area contributed by atoms with Crippen LogP contribution in [0.3, 0.4) is 0 Å². The van der Waals surface area contributed by atoms with E-state index in [1.807, 2.05) is 17.9 Å².